The van der Waals surface area contributed by atoms with Crippen molar-refractivity contribution in [2.45, 2.75) is 13.8 Å². The lowest BCUT2D eigenvalue weighted by Gasteiger charge is -2.22. The molecule has 1 aromatic carbocycles. The standard InChI is InChI=1S/C16H15ClN2O3/c1-3-22-16(21)14-9-12(17)10-18-15(14)19(11(2)20)13-7-5-4-6-8-13/h4-10H,3H2,1-2H3. The number of hydrogen-bond acceptors (Lipinski definition) is 4. The van der Waals surface area contributed by atoms with Crippen molar-refractivity contribution in [3.05, 3.63) is 53.2 Å². The van der Waals surface area contributed by atoms with Crippen LogP contribution in [-0.2, 0) is 9.53 Å². The molecule has 0 aliphatic heterocycles. The van der Waals surface area contributed by atoms with Crippen molar-refractivity contribution in [3.63, 3.8) is 0 Å². The number of aromatic nitrogens is 1. The molecule has 1 aromatic heterocycles. The number of pyridine rings is 1. The number of para-hydroxylation sites is 1. The molecule has 0 aliphatic rings. The van der Waals surface area contributed by atoms with Gasteiger partial charge in [0.2, 0.25) is 5.91 Å². The van der Waals surface area contributed by atoms with Gasteiger partial charge < -0.3 is 4.74 Å². The van der Waals surface area contributed by atoms with Gasteiger partial charge in [-0.25, -0.2) is 9.78 Å². The van der Waals surface area contributed by atoms with Crippen molar-refractivity contribution in [3.8, 4) is 0 Å². The van der Waals surface area contributed by atoms with Gasteiger partial charge >= 0.3 is 5.97 Å². The van der Waals surface area contributed by atoms with E-state index in [0.29, 0.717) is 10.7 Å². The molecule has 22 heavy (non-hydrogen) atoms. The number of nitrogens with zero attached hydrogens (tertiary/aromatic N) is 2. The summed E-state index contributed by atoms with van der Waals surface area (Å²) >= 11 is 5.92. The Hall–Kier alpha value is -2.40. The third kappa shape index (κ3) is 3.43. The van der Waals surface area contributed by atoms with Crippen molar-refractivity contribution >= 4 is 35.0 Å². The molecule has 114 valence electrons. The molecule has 0 fully saturated rings. The van der Waals surface area contributed by atoms with Crippen LogP contribution in [0.5, 0.6) is 0 Å². The molecule has 5 nitrogen and oxygen atoms in total. The third-order valence-electron chi connectivity index (χ3n) is 2.87. The van der Waals surface area contributed by atoms with Gasteiger partial charge in [-0.1, -0.05) is 29.8 Å². The van der Waals surface area contributed by atoms with Gasteiger partial charge in [-0.2, -0.15) is 0 Å². The molecular formula is C16H15ClN2O3. The predicted octanol–water partition coefficient (Wildman–Crippen LogP) is 3.60. The van der Waals surface area contributed by atoms with Crippen LogP contribution in [0, 0.1) is 0 Å². The fourth-order valence-electron chi connectivity index (χ4n) is 2.00. The molecule has 0 atom stereocenters. The molecule has 0 N–H and O–H groups in total. The van der Waals surface area contributed by atoms with Crippen LogP contribution in [0.1, 0.15) is 24.2 Å². The summed E-state index contributed by atoms with van der Waals surface area (Å²) < 4.78 is 5.01. The zero-order chi connectivity index (χ0) is 16.1. The molecule has 0 saturated carbocycles. The van der Waals surface area contributed by atoms with Crippen LogP contribution in [0.3, 0.4) is 0 Å². The average Bonchev–Trinajstić information content (AvgIpc) is 2.50. The number of amides is 1. The number of halogens is 1. The van der Waals surface area contributed by atoms with Crippen molar-refractivity contribution in [1.29, 1.82) is 0 Å². The van der Waals surface area contributed by atoms with Crippen molar-refractivity contribution in [2.75, 3.05) is 11.5 Å². The van der Waals surface area contributed by atoms with Crippen molar-refractivity contribution in [1.82, 2.24) is 4.98 Å². The number of hydrogen-bond donors (Lipinski definition) is 0. The second kappa shape index (κ2) is 7.04. The molecule has 1 heterocycles. The van der Waals surface area contributed by atoms with Crippen LogP contribution in [0.2, 0.25) is 5.02 Å². The molecule has 2 rings (SSSR count). The lowest BCUT2D eigenvalue weighted by atomic mass is 10.2. The van der Waals surface area contributed by atoms with Crippen LogP contribution in [0.15, 0.2) is 42.6 Å². The normalized spacial score (nSPS) is 10.1. The number of carbonyl (C=O) groups excluding carboxylic acids is 2. The minimum absolute atomic E-state index is 0.147. The highest BCUT2D eigenvalue weighted by Crippen LogP contribution is 2.29. The minimum Gasteiger partial charge on any atom is -0.462 e. The van der Waals surface area contributed by atoms with Gasteiger partial charge in [0, 0.05) is 13.1 Å². The fourth-order valence-corrected chi connectivity index (χ4v) is 2.16. The Balaban J connectivity index is 2.57. The third-order valence-corrected chi connectivity index (χ3v) is 3.08. The first-order valence-corrected chi connectivity index (χ1v) is 7.10. The topological polar surface area (TPSA) is 59.5 Å². The van der Waals surface area contributed by atoms with Gasteiger partial charge in [-0.05, 0) is 25.1 Å². The Morgan fingerprint density at radius 3 is 2.55 bits per heavy atom. The zero-order valence-electron chi connectivity index (χ0n) is 12.2. The Kier molecular flexibility index (Phi) is 5.12. The van der Waals surface area contributed by atoms with E-state index in [1.807, 2.05) is 6.07 Å². The molecule has 6 heteroatoms. The van der Waals surface area contributed by atoms with Gasteiger partial charge in [-0.15, -0.1) is 0 Å². The van der Waals surface area contributed by atoms with E-state index >= 15 is 0 Å². The van der Waals surface area contributed by atoms with E-state index in [1.54, 1.807) is 31.2 Å². The fraction of sp³-hybridized carbons (Fsp3) is 0.188. The number of benzene rings is 1. The molecule has 0 bridgehead atoms. The van der Waals surface area contributed by atoms with Crippen LogP contribution >= 0.6 is 11.6 Å². The average molecular weight is 319 g/mol. The van der Waals surface area contributed by atoms with E-state index in [4.69, 9.17) is 16.3 Å². The van der Waals surface area contributed by atoms with Gasteiger partial charge in [-0.3, -0.25) is 9.69 Å². The van der Waals surface area contributed by atoms with Gasteiger partial charge in [0.25, 0.3) is 0 Å². The number of ether oxygens (including phenoxy) is 1. The highest BCUT2D eigenvalue weighted by Gasteiger charge is 2.23. The van der Waals surface area contributed by atoms with Crippen molar-refractivity contribution < 1.29 is 14.3 Å². The summed E-state index contributed by atoms with van der Waals surface area (Å²) in [5.41, 5.74) is 0.753. The summed E-state index contributed by atoms with van der Waals surface area (Å²) in [4.78, 5) is 29.7. The summed E-state index contributed by atoms with van der Waals surface area (Å²) in [7, 11) is 0. The van der Waals surface area contributed by atoms with E-state index in [9.17, 15) is 9.59 Å². The molecule has 0 aliphatic carbocycles. The van der Waals surface area contributed by atoms with Crippen LogP contribution in [-0.4, -0.2) is 23.5 Å². The van der Waals surface area contributed by atoms with Gasteiger partial charge in [0.05, 0.1) is 17.3 Å². The van der Waals surface area contributed by atoms with Gasteiger partial charge in [0.1, 0.15) is 5.56 Å². The monoisotopic (exact) mass is 318 g/mol. The van der Waals surface area contributed by atoms with E-state index < -0.39 is 5.97 Å². The number of rotatable bonds is 4. The van der Waals surface area contributed by atoms with E-state index in [1.165, 1.54) is 24.1 Å². The molecule has 2 aromatic rings. The molecular weight excluding hydrogens is 304 g/mol. The number of anilines is 2. The van der Waals surface area contributed by atoms with E-state index in [2.05, 4.69) is 4.98 Å². The Bertz CT molecular complexity index is 689. The first-order valence-electron chi connectivity index (χ1n) is 6.73. The Labute approximate surface area is 133 Å². The lowest BCUT2D eigenvalue weighted by molar-refractivity contribution is -0.115. The maximum absolute atomic E-state index is 12.1. The summed E-state index contributed by atoms with van der Waals surface area (Å²) in [5.74, 6) is -0.650. The number of carbonyl (C=O) groups is 2. The SMILES string of the molecule is CCOC(=O)c1cc(Cl)cnc1N(C(C)=O)c1ccccc1. The predicted molar refractivity (Wildman–Crippen MR) is 84.5 cm³/mol. The second-order valence-corrected chi connectivity index (χ2v) is 4.87. The maximum atomic E-state index is 12.1. The molecule has 0 unspecified atom stereocenters. The first-order chi connectivity index (χ1) is 10.5. The quantitative estimate of drug-likeness (QED) is 0.808. The van der Waals surface area contributed by atoms with Crippen LogP contribution in [0.4, 0.5) is 11.5 Å². The summed E-state index contributed by atoms with van der Waals surface area (Å²) in [6.07, 6.45) is 1.39. The first kappa shape index (κ1) is 16.0. The smallest absolute Gasteiger partial charge is 0.341 e. The molecule has 0 saturated heterocycles. The van der Waals surface area contributed by atoms with E-state index in [0.717, 1.165) is 0 Å². The molecule has 0 radical (unpaired) electrons. The van der Waals surface area contributed by atoms with E-state index in [-0.39, 0.29) is 23.9 Å². The Morgan fingerprint density at radius 2 is 1.95 bits per heavy atom. The van der Waals surface area contributed by atoms with Gasteiger partial charge in [0.15, 0.2) is 5.82 Å². The second-order valence-electron chi connectivity index (χ2n) is 4.44. The summed E-state index contributed by atoms with van der Waals surface area (Å²) in [6, 6.07) is 10.4. The maximum Gasteiger partial charge on any atom is 0.341 e. The lowest BCUT2D eigenvalue weighted by Crippen LogP contribution is -2.26. The highest BCUT2D eigenvalue weighted by atomic mass is 35.5. The Morgan fingerprint density at radius 1 is 1.27 bits per heavy atom. The summed E-state index contributed by atoms with van der Waals surface area (Å²) in [6.45, 7) is 3.32. The highest BCUT2D eigenvalue weighted by molar-refractivity contribution is 6.31. The largest absolute Gasteiger partial charge is 0.462 e. The van der Waals surface area contributed by atoms with Crippen LogP contribution < -0.4 is 4.90 Å². The summed E-state index contributed by atoms with van der Waals surface area (Å²) in [5, 5.41) is 0.295. The molecule has 1 amide bonds. The number of esters is 1. The van der Waals surface area contributed by atoms with Crippen molar-refractivity contribution in [2.24, 2.45) is 0 Å². The zero-order valence-corrected chi connectivity index (χ0v) is 13.0. The minimum atomic E-state index is -0.574. The molecule has 0 spiro atoms. The van der Waals surface area contributed by atoms with Crippen LogP contribution in [0.25, 0.3) is 0 Å².